The molecular weight excluding hydrogens is 596 g/mol. The SMILES string of the molecule is CC[C@@H]1OC(=O)[C@H](C)C(=O)[C@H](C)[C@@H](O[C@@H]2O[C@H](C)C[C@H](N(C)C)[C@H]2O)[C@@](C)(OC)C[C@@H](C)C(=O)C2(C)CN(C)C3C(=O)O[C@@]1(C)C32. The Morgan fingerprint density at radius 3 is 2.24 bits per heavy atom. The molecule has 0 amide bonds. The van der Waals surface area contributed by atoms with E-state index < -0.39 is 88.7 Å². The molecule has 3 unspecified atom stereocenters. The minimum absolute atomic E-state index is 0.0840. The predicted octanol–water partition coefficient (Wildman–Crippen LogP) is 2.23. The van der Waals surface area contributed by atoms with Crippen molar-refractivity contribution in [2.45, 2.75) is 129 Å². The van der Waals surface area contributed by atoms with Crippen LogP contribution in [0.1, 0.15) is 74.7 Å². The lowest BCUT2D eigenvalue weighted by molar-refractivity contribution is -0.295. The van der Waals surface area contributed by atoms with E-state index in [2.05, 4.69) is 0 Å². The zero-order chi connectivity index (χ0) is 34.7. The third-order valence-corrected chi connectivity index (χ3v) is 11.5. The molecule has 46 heavy (non-hydrogen) atoms. The van der Waals surface area contributed by atoms with Gasteiger partial charge in [-0.1, -0.05) is 27.7 Å². The van der Waals surface area contributed by atoms with E-state index >= 15 is 0 Å². The molecule has 4 saturated heterocycles. The summed E-state index contributed by atoms with van der Waals surface area (Å²) in [6.45, 7) is 14.4. The highest BCUT2D eigenvalue weighted by Crippen LogP contribution is 2.55. The highest BCUT2D eigenvalue weighted by Gasteiger charge is 2.70. The minimum atomic E-state index is -1.29. The fourth-order valence-electron chi connectivity index (χ4n) is 9.09. The van der Waals surface area contributed by atoms with Gasteiger partial charge in [-0.05, 0) is 68.1 Å². The molecule has 0 aromatic heterocycles. The van der Waals surface area contributed by atoms with Crippen LogP contribution in [0.2, 0.25) is 0 Å². The second-order valence-corrected chi connectivity index (χ2v) is 15.2. The number of nitrogens with zero attached hydrogens (tertiary/aromatic N) is 2. The first-order chi connectivity index (χ1) is 21.3. The molecule has 4 fully saturated rings. The fraction of sp³-hybridized carbons (Fsp3) is 0.882. The van der Waals surface area contributed by atoms with Gasteiger partial charge in [0.15, 0.2) is 17.7 Å². The molecule has 0 aliphatic carbocycles. The van der Waals surface area contributed by atoms with Crippen LogP contribution in [0.25, 0.3) is 0 Å². The minimum Gasteiger partial charge on any atom is -0.458 e. The Hall–Kier alpha value is -1.96. The third kappa shape index (κ3) is 6.07. The van der Waals surface area contributed by atoms with Crippen LogP contribution in [0, 0.1) is 29.1 Å². The van der Waals surface area contributed by atoms with Gasteiger partial charge in [0.25, 0.3) is 0 Å². The number of hydrogen-bond donors (Lipinski definition) is 1. The Kier molecular flexibility index (Phi) is 10.5. The number of ketones is 2. The van der Waals surface area contributed by atoms with E-state index in [1.807, 2.05) is 51.6 Å². The van der Waals surface area contributed by atoms with Crippen molar-refractivity contribution in [1.82, 2.24) is 9.80 Å². The summed E-state index contributed by atoms with van der Waals surface area (Å²) in [5, 5.41) is 11.3. The van der Waals surface area contributed by atoms with E-state index in [0.717, 1.165) is 0 Å². The smallest absolute Gasteiger partial charge is 0.324 e. The molecule has 262 valence electrons. The number of ether oxygens (including phenoxy) is 5. The van der Waals surface area contributed by atoms with Gasteiger partial charge in [-0.3, -0.25) is 24.1 Å². The normalized spacial score (nSPS) is 47.8. The first-order valence-electron chi connectivity index (χ1n) is 16.7. The average Bonchev–Trinajstić information content (AvgIpc) is 3.44. The van der Waals surface area contributed by atoms with Gasteiger partial charge in [0.1, 0.15) is 30.0 Å². The van der Waals surface area contributed by atoms with Gasteiger partial charge in [-0.2, -0.15) is 0 Å². The van der Waals surface area contributed by atoms with Gasteiger partial charge in [0.05, 0.1) is 17.8 Å². The molecule has 1 N–H and O–H groups in total. The first kappa shape index (κ1) is 36.9. The fourth-order valence-corrected chi connectivity index (χ4v) is 9.09. The number of Topliss-reactive ketones (excluding diaryl/α,β-unsaturated/α-hetero) is 2. The van der Waals surface area contributed by atoms with Crippen molar-refractivity contribution in [2.75, 3.05) is 34.8 Å². The predicted molar refractivity (Wildman–Crippen MR) is 168 cm³/mol. The summed E-state index contributed by atoms with van der Waals surface area (Å²) in [5.41, 5.74) is -3.55. The molecule has 12 heteroatoms. The van der Waals surface area contributed by atoms with Gasteiger partial charge in [0, 0.05) is 42.9 Å². The van der Waals surface area contributed by atoms with Crippen molar-refractivity contribution in [3.05, 3.63) is 0 Å². The Morgan fingerprint density at radius 1 is 1.04 bits per heavy atom. The molecule has 0 saturated carbocycles. The Morgan fingerprint density at radius 2 is 1.67 bits per heavy atom. The lowest BCUT2D eigenvalue weighted by atomic mass is 9.62. The molecular formula is C34H56N2O10. The van der Waals surface area contributed by atoms with Crippen LogP contribution >= 0.6 is 0 Å². The maximum absolute atomic E-state index is 14.7. The summed E-state index contributed by atoms with van der Waals surface area (Å²) in [7, 11) is 7.06. The summed E-state index contributed by atoms with van der Waals surface area (Å²) in [5.74, 6) is -5.03. The van der Waals surface area contributed by atoms with Crippen molar-refractivity contribution in [1.29, 1.82) is 0 Å². The number of rotatable bonds is 5. The average molecular weight is 653 g/mol. The molecule has 0 aromatic carbocycles. The molecule has 0 aromatic rings. The van der Waals surface area contributed by atoms with Gasteiger partial charge >= 0.3 is 11.9 Å². The van der Waals surface area contributed by atoms with E-state index in [9.17, 15) is 24.3 Å². The number of methoxy groups -OCH3 is 1. The summed E-state index contributed by atoms with van der Waals surface area (Å²) in [6, 6.07) is -0.947. The van der Waals surface area contributed by atoms with Crippen molar-refractivity contribution >= 4 is 23.5 Å². The molecule has 14 atom stereocenters. The van der Waals surface area contributed by atoms with Crippen LogP contribution in [0.4, 0.5) is 0 Å². The van der Waals surface area contributed by atoms with Gasteiger partial charge in [-0.25, -0.2) is 0 Å². The maximum Gasteiger partial charge on any atom is 0.324 e. The Labute approximate surface area is 273 Å². The lowest BCUT2D eigenvalue weighted by Gasteiger charge is -2.47. The number of aliphatic hydroxyl groups is 1. The molecule has 4 aliphatic heterocycles. The zero-order valence-corrected chi connectivity index (χ0v) is 29.7. The highest BCUT2D eigenvalue weighted by atomic mass is 16.7. The molecule has 4 rings (SSSR count). The number of hydrogen-bond acceptors (Lipinski definition) is 12. The molecule has 12 nitrogen and oxygen atoms in total. The largest absolute Gasteiger partial charge is 0.458 e. The van der Waals surface area contributed by atoms with Crippen molar-refractivity contribution in [3.63, 3.8) is 0 Å². The Bertz CT molecular complexity index is 1200. The number of carbonyl (C=O) groups is 4. The van der Waals surface area contributed by atoms with Gasteiger partial charge in [0.2, 0.25) is 0 Å². The van der Waals surface area contributed by atoms with Crippen LogP contribution in [0.15, 0.2) is 0 Å². The van der Waals surface area contributed by atoms with E-state index in [-0.39, 0.29) is 24.3 Å². The van der Waals surface area contributed by atoms with Crippen molar-refractivity contribution in [3.8, 4) is 0 Å². The summed E-state index contributed by atoms with van der Waals surface area (Å²) < 4.78 is 30.9. The number of esters is 2. The van der Waals surface area contributed by atoms with Gasteiger partial charge in [-0.15, -0.1) is 0 Å². The maximum atomic E-state index is 14.7. The monoisotopic (exact) mass is 652 g/mol. The molecule has 0 radical (unpaired) electrons. The first-order valence-corrected chi connectivity index (χ1v) is 16.7. The number of likely N-dealkylation sites (tertiary alicyclic amines) is 1. The van der Waals surface area contributed by atoms with Gasteiger partial charge < -0.3 is 33.7 Å². The second kappa shape index (κ2) is 13.2. The van der Waals surface area contributed by atoms with E-state index in [1.165, 1.54) is 14.0 Å². The zero-order valence-electron chi connectivity index (χ0n) is 29.7. The summed E-state index contributed by atoms with van der Waals surface area (Å²) in [6.07, 6.45) is -3.19. The molecule has 0 spiro atoms. The van der Waals surface area contributed by atoms with E-state index in [1.54, 1.807) is 27.8 Å². The van der Waals surface area contributed by atoms with Crippen LogP contribution in [0.3, 0.4) is 0 Å². The quantitative estimate of drug-likeness (QED) is 0.344. The number of cyclic esters (lactones) is 1. The van der Waals surface area contributed by atoms with Crippen LogP contribution in [-0.2, 0) is 42.9 Å². The second-order valence-electron chi connectivity index (χ2n) is 15.2. The lowest BCUT2D eigenvalue weighted by Crippen LogP contribution is -2.60. The highest BCUT2D eigenvalue weighted by molar-refractivity contribution is 6.00. The number of likely N-dealkylation sites (N-methyl/N-ethyl adjacent to an activating group) is 2. The van der Waals surface area contributed by atoms with Crippen molar-refractivity contribution < 1.29 is 48.0 Å². The molecule has 4 heterocycles. The number of aliphatic hydroxyl groups excluding tert-OH is 1. The molecule has 0 bridgehead atoms. The van der Waals surface area contributed by atoms with Crippen LogP contribution in [-0.4, -0.2) is 127 Å². The standard InChI is InChI=1S/C34H56N2O10/c1-13-22-34(8)26-23(30(41)46-34)36(11)16-32(26,6)27(39)17(2)15-33(7,42-12)28(19(4)24(37)20(5)29(40)44-22)45-31-25(38)21(35(9)10)14-18(3)43-31/h17-23,25-26,28,31,38H,13-16H2,1-12H3/t17-,18-,19+,20-,21+,22+,23?,25-,26?,28-,31+,32?,33+,34-/m1/s1. The Balaban J connectivity index is 1.82. The summed E-state index contributed by atoms with van der Waals surface area (Å²) >= 11 is 0. The number of carbonyl (C=O) groups excluding carboxylic acids is 4. The van der Waals surface area contributed by atoms with Crippen LogP contribution in [0.5, 0.6) is 0 Å². The van der Waals surface area contributed by atoms with E-state index in [4.69, 9.17) is 23.7 Å². The summed E-state index contributed by atoms with van der Waals surface area (Å²) in [4.78, 5) is 59.6. The van der Waals surface area contributed by atoms with Crippen LogP contribution < -0.4 is 0 Å². The van der Waals surface area contributed by atoms with Crippen molar-refractivity contribution in [2.24, 2.45) is 29.1 Å². The molecule has 4 aliphatic rings. The topological polar surface area (TPSA) is 141 Å². The third-order valence-electron chi connectivity index (χ3n) is 11.5. The van der Waals surface area contributed by atoms with E-state index in [0.29, 0.717) is 19.4 Å².